The van der Waals surface area contributed by atoms with E-state index in [1.54, 1.807) is 12.3 Å². The van der Waals surface area contributed by atoms with Crippen molar-refractivity contribution >= 4 is 50.0 Å². The van der Waals surface area contributed by atoms with Crippen LogP contribution in [0.1, 0.15) is 39.7 Å². The molecule has 4 N–H and O–H groups in total. The van der Waals surface area contributed by atoms with Crippen LogP contribution < -0.4 is 14.9 Å². The zero-order chi connectivity index (χ0) is 34.4. The molecule has 2 atom stereocenters. The standard InChI is InChI=1S/C34H38N6O4S.CH2O2/c1-4-24-21-40-12-13-45(43,44)39(3)31-17-25(16-27(24)33(31)40)34(42)38-30(15-23-8-6-5-7-9-23)32(41)20-35-18-26-19-36-29-14-22(2)10-11-28(29)37-26;2-1-3/h5-11,14,16-17,19,21,30,32,35,41H,4,12-13,15,18,20H2,1-3H3,(H,38,42);1H,(H,2,3)/t30-,32+;/m0./s1. The van der Waals surface area contributed by atoms with Crippen LogP contribution >= 0.6 is 0 Å². The Morgan fingerprint density at radius 3 is 2.58 bits per heavy atom. The molecule has 1 aliphatic heterocycles. The first-order valence-electron chi connectivity index (χ1n) is 15.7. The number of sulfonamides is 1. The first-order valence-corrected chi connectivity index (χ1v) is 17.3. The second kappa shape index (κ2) is 14.9. The zero-order valence-electron chi connectivity index (χ0n) is 27.1. The summed E-state index contributed by atoms with van der Waals surface area (Å²) in [6.07, 6.45) is 3.94. The number of hydrogen-bond acceptors (Lipinski definition) is 8. The van der Waals surface area contributed by atoms with Gasteiger partial charge < -0.3 is 25.4 Å². The Morgan fingerprint density at radius 1 is 1.10 bits per heavy atom. The largest absolute Gasteiger partial charge is 0.483 e. The average molecular weight is 673 g/mol. The number of aliphatic hydroxyl groups is 1. The van der Waals surface area contributed by atoms with Gasteiger partial charge in [-0.2, -0.15) is 0 Å². The number of aliphatic hydroxyl groups excluding tert-OH is 1. The number of carbonyl (C=O) groups is 2. The van der Waals surface area contributed by atoms with Crippen LogP contribution in [0.2, 0.25) is 0 Å². The van der Waals surface area contributed by atoms with Crippen LogP contribution in [0.15, 0.2) is 73.1 Å². The number of carboxylic acid groups (broad SMARTS) is 1. The molecule has 0 radical (unpaired) electrons. The lowest BCUT2D eigenvalue weighted by Crippen LogP contribution is -2.48. The molecule has 13 heteroatoms. The Morgan fingerprint density at radius 2 is 1.85 bits per heavy atom. The monoisotopic (exact) mass is 672 g/mol. The number of aromatic nitrogens is 3. The normalized spacial score (nSPS) is 14.9. The van der Waals surface area contributed by atoms with Crippen molar-refractivity contribution in [2.75, 3.05) is 23.7 Å². The molecule has 2 aromatic heterocycles. The number of aryl methyl sites for hydroxylation is 3. The van der Waals surface area contributed by atoms with Gasteiger partial charge in [0.25, 0.3) is 12.4 Å². The van der Waals surface area contributed by atoms with Gasteiger partial charge in [-0.3, -0.25) is 18.9 Å². The van der Waals surface area contributed by atoms with Crippen molar-refractivity contribution in [3.8, 4) is 0 Å². The molecule has 0 saturated heterocycles. The summed E-state index contributed by atoms with van der Waals surface area (Å²) in [4.78, 5) is 31.4. The summed E-state index contributed by atoms with van der Waals surface area (Å²) in [6, 6.07) is 18.5. The van der Waals surface area contributed by atoms with Crippen LogP contribution in [0.3, 0.4) is 0 Å². The van der Waals surface area contributed by atoms with Gasteiger partial charge in [-0.05, 0) is 60.7 Å². The quantitative estimate of drug-likeness (QED) is 0.163. The highest BCUT2D eigenvalue weighted by molar-refractivity contribution is 7.92. The van der Waals surface area contributed by atoms with Crippen LogP contribution in [0.4, 0.5) is 5.69 Å². The summed E-state index contributed by atoms with van der Waals surface area (Å²) < 4.78 is 29.2. The van der Waals surface area contributed by atoms with E-state index in [4.69, 9.17) is 9.90 Å². The SMILES string of the molecule is CCc1cn2c3c(cc(C(=O)N[C@@H](Cc4ccccc4)[C@H](O)CNCc4cnc5cc(C)ccc5n4)cc13)N(C)S(=O)(=O)CC2.O=CO. The van der Waals surface area contributed by atoms with E-state index >= 15 is 0 Å². The third-order valence-corrected chi connectivity index (χ3v) is 10.2. The van der Waals surface area contributed by atoms with Crippen molar-refractivity contribution < 1.29 is 28.2 Å². The predicted octanol–water partition coefficient (Wildman–Crippen LogP) is 3.43. The minimum Gasteiger partial charge on any atom is -0.483 e. The van der Waals surface area contributed by atoms with E-state index in [-0.39, 0.29) is 24.7 Å². The smallest absolute Gasteiger partial charge is 0.290 e. The van der Waals surface area contributed by atoms with E-state index in [9.17, 15) is 18.3 Å². The second-order valence-corrected chi connectivity index (χ2v) is 13.9. The van der Waals surface area contributed by atoms with Gasteiger partial charge in [0, 0.05) is 43.8 Å². The highest BCUT2D eigenvalue weighted by atomic mass is 32.2. The lowest BCUT2D eigenvalue weighted by Gasteiger charge is -2.25. The van der Waals surface area contributed by atoms with E-state index in [0.717, 1.165) is 50.7 Å². The summed E-state index contributed by atoms with van der Waals surface area (Å²) >= 11 is 0. The van der Waals surface area contributed by atoms with Crippen molar-refractivity contribution in [3.63, 3.8) is 0 Å². The molecule has 48 heavy (non-hydrogen) atoms. The van der Waals surface area contributed by atoms with E-state index in [1.807, 2.05) is 79.2 Å². The molecule has 1 amide bonds. The molecule has 3 aromatic carbocycles. The molecule has 6 rings (SSSR count). The number of nitrogens with one attached hydrogen (secondary N) is 2. The molecule has 0 fully saturated rings. The maximum atomic E-state index is 13.8. The van der Waals surface area contributed by atoms with Crippen molar-refractivity contribution in [3.05, 3.63) is 101 Å². The van der Waals surface area contributed by atoms with E-state index in [1.165, 1.54) is 11.4 Å². The summed E-state index contributed by atoms with van der Waals surface area (Å²) in [5.41, 5.74) is 7.15. The fraction of sp³-hybridized carbons (Fsp3) is 0.314. The number of amides is 1. The first-order chi connectivity index (χ1) is 23.0. The lowest BCUT2D eigenvalue weighted by molar-refractivity contribution is -0.122. The second-order valence-electron chi connectivity index (χ2n) is 11.8. The van der Waals surface area contributed by atoms with Gasteiger partial charge in [0.1, 0.15) is 0 Å². The Labute approximate surface area is 279 Å². The molecule has 0 bridgehead atoms. The third-order valence-electron chi connectivity index (χ3n) is 8.51. The minimum atomic E-state index is -3.55. The number of nitrogens with zero attached hydrogens (tertiary/aromatic N) is 4. The van der Waals surface area contributed by atoms with Gasteiger partial charge in [-0.1, -0.05) is 43.3 Å². The number of fused-ring (bicyclic) bond motifs is 1. The van der Waals surface area contributed by atoms with Crippen molar-refractivity contribution in [2.24, 2.45) is 0 Å². The molecule has 5 aromatic rings. The predicted molar refractivity (Wildman–Crippen MR) is 186 cm³/mol. The summed E-state index contributed by atoms with van der Waals surface area (Å²) in [7, 11) is -2.01. The van der Waals surface area contributed by atoms with Gasteiger partial charge in [0.15, 0.2) is 0 Å². The third kappa shape index (κ3) is 7.64. The first kappa shape index (κ1) is 34.5. The Hall–Kier alpha value is -4.85. The van der Waals surface area contributed by atoms with Crippen molar-refractivity contribution in [1.29, 1.82) is 0 Å². The van der Waals surface area contributed by atoms with Crippen LogP contribution in [0.25, 0.3) is 21.9 Å². The number of hydrogen-bond donors (Lipinski definition) is 4. The molecule has 0 unspecified atom stereocenters. The summed E-state index contributed by atoms with van der Waals surface area (Å²) in [5.74, 6) is -0.399. The lowest BCUT2D eigenvalue weighted by atomic mass is 10.00. The van der Waals surface area contributed by atoms with E-state index in [0.29, 0.717) is 30.8 Å². The van der Waals surface area contributed by atoms with Crippen LogP contribution in [-0.4, -0.2) is 77.0 Å². The van der Waals surface area contributed by atoms with Gasteiger partial charge in [0.2, 0.25) is 10.0 Å². The summed E-state index contributed by atoms with van der Waals surface area (Å²) in [6.45, 7) is 4.77. The van der Waals surface area contributed by atoms with Crippen molar-refractivity contribution in [1.82, 2.24) is 25.2 Å². The highest BCUT2D eigenvalue weighted by Crippen LogP contribution is 2.35. The van der Waals surface area contributed by atoms with Crippen molar-refractivity contribution in [2.45, 2.75) is 51.9 Å². The Bertz CT molecular complexity index is 2030. The molecule has 1 aliphatic rings. The average Bonchev–Trinajstić information content (AvgIpc) is 3.40. The molecule has 0 saturated carbocycles. The molecule has 0 spiro atoms. The maximum Gasteiger partial charge on any atom is 0.290 e. The number of rotatable bonds is 10. The Balaban J connectivity index is 0.00000145. The van der Waals surface area contributed by atoms with Crippen LogP contribution in [-0.2, 0) is 40.7 Å². The van der Waals surface area contributed by atoms with Gasteiger partial charge >= 0.3 is 0 Å². The number of carbonyl (C=O) groups excluding carboxylic acids is 1. The molecular formula is C35H40N6O6S. The Kier molecular flexibility index (Phi) is 10.7. The summed E-state index contributed by atoms with van der Waals surface area (Å²) in [5, 5.41) is 25.4. The minimum absolute atomic E-state index is 0.0184. The number of anilines is 1. The molecule has 3 heterocycles. The fourth-order valence-electron chi connectivity index (χ4n) is 5.96. The maximum absolute atomic E-state index is 13.8. The van der Waals surface area contributed by atoms with Gasteiger partial charge in [-0.15, -0.1) is 0 Å². The van der Waals surface area contributed by atoms with Gasteiger partial charge in [0.05, 0.1) is 52.0 Å². The van der Waals surface area contributed by atoms with Gasteiger partial charge in [-0.25, -0.2) is 13.4 Å². The van der Waals surface area contributed by atoms with Crippen LogP contribution in [0.5, 0.6) is 0 Å². The zero-order valence-corrected chi connectivity index (χ0v) is 27.9. The topological polar surface area (TPSA) is 167 Å². The molecule has 0 aliphatic carbocycles. The highest BCUT2D eigenvalue weighted by Gasteiger charge is 2.29. The van der Waals surface area contributed by atoms with Crippen LogP contribution in [0, 0.1) is 6.92 Å². The van der Waals surface area contributed by atoms with E-state index in [2.05, 4.69) is 20.6 Å². The number of benzene rings is 3. The fourth-order valence-corrected chi connectivity index (χ4v) is 7.10. The van der Waals surface area contributed by atoms with E-state index < -0.39 is 22.2 Å². The molecular weight excluding hydrogens is 632 g/mol. The molecule has 12 nitrogen and oxygen atoms in total. The molecule has 252 valence electrons.